The number of carboxylic acids is 1. The van der Waals surface area contributed by atoms with E-state index in [1.54, 1.807) is 0 Å². The summed E-state index contributed by atoms with van der Waals surface area (Å²) in [5, 5.41) is 9.72. The lowest BCUT2D eigenvalue weighted by atomic mass is 9.81. The zero-order valence-electron chi connectivity index (χ0n) is 12.5. The Hall–Kier alpha value is -1.39. The van der Waals surface area contributed by atoms with Gasteiger partial charge in [-0.3, -0.25) is 9.69 Å². The summed E-state index contributed by atoms with van der Waals surface area (Å²) < 4.78 is 0. The Bertz CT molecular complexity index is 463. The van der Waals surface area contributed by atoms with Crippen molar-refractivity contribution in [1.29, 1.82) is 0 Å². The zero-order valence-corrected chi connectivity index (χ0v) is 12.5. The van der Waals surface area contributed by atoms with Crippen LogP contribution in [0.15, 0.2) is 30.3 Å². The van der Waals surface area contributed by atoms with Crippen molar-refractivity contribution >= 4 is 5.97 Å². The third-order valence-electron chi connectivity index (χ3n) is 4.37. The third-order valence-corrected chi connectivity index (χ3v) is 4.37. The number of rotatable bonds is 4. The average molecular weight is 276 g/mol. The van der Waals surface area contributed by atoms with E-state index in [2.05, 4.69) is 23.8 Å². The van der Waals surface area contributed by atoms with Gasteiger partial charge < -0.3 is 10.0 Å². The van der Waals surface area contributed by atoms with Crippen LogP contribution < -0.4 is 0 Å². The van der Waals surface area contributed by atoms with Crippen molar-refractivity contribution in [2.24, 2.45) is 0 Å². The molecule has 0 saturated carbocycles. The molecule has 1 saturated heterocycles. The molecule has 2 atom stereocenters. The number of piperazine rings is 1. The Morgan fingerprint density at radius 3 is 2.55 bits per heavy atom. The Morgan fingerprint density at radius 1 is 1.35 bits per heavy atom. The maximum Gasteiger partial charge on any atom is 0.315 e. The van der Waals surface area contributed by atoms with E-state index in [0.29, 0.717) is 12.6 Å². The second kappa shape index (κ2) is 5.94. The molecule has 0 radical (unpaired) electrons. The van der Waals surface area contributed by atoms with Crippen LogP contribution in [0.3, 0.4) is 0 Å². The summed E-state index contributed by atoms with van der Waals surface area (Å²) in [6.45, 7) is 7.46. The van der Waals surface area contributed by atoms with Crippen molar-refractivity contribution < 1.29 is 9.90 Å². The average Bonchev–Trinajstić information content (AvgIpc) is 2.42. The molecule has 1 aromatic rings. The second-order valence-electron chi connectivity index (χ2n) is 6.09. The van der Waals surface area contributed by atoms with E-state index in [-0.39, 0.29) is 0 Å². The van der Waals surface area contributed by atoms with Crippen LogP contribution in [0.25, 0.3) is 0 Å². The molecule has 1 fully saturated rings. The molecule has 4 heteroatoms. The lowest BCUT2D eigenvalue weighted by Gasteiger charge is -2.42. The normalized spacial score (nSPS) is 24.2. The molecule has 0 aliphatic carbocycles. The highest BCUT2D eigenvalue weighted by Gasteiger charge is 2.38. The number of carbonyl (C=O) groups is 1. The molecule has 1 heterocycles. The molecule has 0 amide bonds. The number of aliphatic carboxylic acids is 1. The van der Waals surface area contributed by atoms with Gasteiger partial charge in [-0.1, -0.05) is 30.3 Å². The molecule has 0 bridgehead atoms. The number of likely N-dealkylation sites (N-methyl/N-ethyl adjacent to an activating group) is 1. The topological polar surface area (TPSA) is 43.8 Å². The van der Waals surface area contributed by atoms with E-state index in [0.717, 1.165) is 25.2 Å². The summed E-state index contributed by atoms with van der Waals surface area (Å²) in [5.41, 5.74) is 0.0180. The predicted octanol–water partition coefficient (Wildman–Crippen LogP) is 1.66. The molecule has 110 valence electrons. The zero-order chi connectivity index (χ0) is 14.8. The molecule has 1 aliphatic rings. The van der Waals surface area contributed by atoms with Crippen LogP contribution >= 0.6 is 0 Å². The van der Waals surface area contributed by atoms with Crippen LogP contribution in [-0.4, -0.2) is 60.1 Å². The molecule has 1 aromatic carbocycles. The standard InChI is InChI=1S/C16H24N2O2/c1-13-11-17(3)9-10-18(13)12-16(2,15(19)20)14-7-5-4-6-8-14/h4-8,13H,9-12H2,1-3H3,(H,19,20). The van der Waals surface area contributed by atoms with Gasteiger partial charge in [-0.25, -0.2) is 0 Å². The van der Waals surface area contributed by atoms with Crippen LogP contribution in [0.1, 0.15) is 19.4 Å². The van der Waals surface area contributed by atoms with Crippen LogP contribution in [-0.2, 0) is 10.2 Å². The van der Waals surface area contributed by atoms with Crippen molar-refractivity contribution in [3.63, 3.8) is 0 Å². The minimum atomic E-state index is -0.856. The quantitative estimate of drug-likeness (QED) is 0.908. The fourth-order valence-electron chi connectivity index (χ4n) is 2.91. The molecular weight excluding hydrogens is 252 g/mol. The Balaban J connectivity index is 2.20. The van der Waals surface area contributed by atoms with Gasteiger partial charge in [-0.15, -0.1) is 0 Å². The molecule has 0 aromatic heterocycles. The van der Waals surface area contributed by atoms with E-state index in [9.17, 15) is 9.90 Å². The van der Waals surface area contributed by atoms with E-state index in [4.69, 9.17) is 0 Å². The monoisotopic (exact) mass is 276 g/mol. The second-order valence-corrected chi connectivity index (χ2v) is 6.09. The Labute approximate surface area is 121 Å². The van der Waals surface area contributed by atoms with Crippen LogP contribution in [0.2, 0.25) is 0 Å². The predicted molar refractivity (Wildman–Crippen MR) is 80.0 cm³/mol. The van der Waals surface area contributed by atoms with Crippen molar-refractivity contribution in [3.8, 4) is 0 Å². The van der Waals surface area contributed by atoms with Crippen LogP contribution in [0, 0.1) is 0 Å². The number of carboxylic acid groups (broad SMARTS) is 1. The van der Waals surface area contributed by atoms with Crippen molar-refractivity contribution in [3.05, 3.63) is 35.9 Å². The first-order valence-corrected chi connectivity index (χ1v) is 7.15. The molecule has 0 spiro atoms. The van der Waals surface area contributed by atoms with Gasteiger partial charge in [-0.2, -0.15) is 0 Å². The molecule has 2 unspecified atom stereocenters. The molecule has 2 rings (SSSR count). The maximum absolute atomic E-state index is 11.8. The van der Waals surface area contributed by atoms with Gasteiger partial charge in [0.1, 0.15) is 5.41 Å². The number of benzene rings is 1. The fourth-order valence-corrected chi connectivity index (χ4v) is 2.91. The molecule has 20 heavy (non-hydrogen) atoms. The molecule has 4 nitrogen and oxygen atoms in total. The van der Waals surface area contributed by atoms with E-state index in [1.165, 1.54) is 0 Å². The van der Waals surface area contributed by atoms with Crippen molar-refractivity contribution in [2.45, 2.75) is 25.3 Å². The molecular formula is C16H24N2O2. The summed E-state index contributed by atoms with van der Waals surface area (Å²) >= 11 is 0. The van der Waals surface area contributed by atoms with Crippen LogP contribution in [0.4, 0.5) is 0 Å². The fraction of sp³-hybridized carbons (Fsp3) is 0.562. The number of hydrogen-bond acceptors (Lipinski definition) is 3. The molecule has 1 N–H and O–H groups in total. The summed E-state index contributed by atoms with van der Waals surface area (Å²) in [4.78, 5) is 16.4. The summed E-state index contributed by atoms with van der Waals surface area (Å²) in [6, 6.07) is 9.94. The molecule has 1 aliphatic heterocycles. The van der Waals surface area contributed by atoms with E-state index >= 15 is 0 Å². The smallest absolute Gasteiger partial charge is 0.315 e. The first-order valence-electron chi connectivity index (χ1n) is 7.15. The van der Waals surface area contributed by atoms with Gasteiger partial charge in [0, 0.05) is 32.2 Å². The van der Waals surface area contributed by atoms with Gasteiger partial charge >= 0.3 is 5.97 Å². The summed E-state index contributed by atoms with van der Waals surface area (Å²) in [7, 11) is 2.11. The first kappa shape index (κ1) is 15.0. The highest BCUT2D eigenvalue weighted by molar-refractivity contribution is 5.81. The lowest BCUT2D eigenvalue weighted by Crippen LogP contribution is -2.55. The van der Waals surface area contributed by atoms with Crippen LogP contribution in [0.5, 0.6) is 0 Å². The maximum atomic E-state index is 11.8. The number of hydrogen-bond donors (Lipinski definition) is 1. The Morgan fingerprint density at radius 2 is 2.00 bits per heavy atom. The van der Waals surface area contributed by atoms with Crippen molar-refractivity contribution in [1.82, 2.24) is 9.80 Å². The highest BCUT2D eigenvalue weighted by atomic mass is 16.4. The lowest BCUT2D eigenvalue weighted by molar-refractivity contribution is -0.144. The van der Waals surface area contributed by atoms with E-state index < -0.39 is 11.4 Å². The summed E-state index contributed by atoms with van der Waals surface area (Å²) in [6.07, 6.45) is 0. The van der Waals surface area contributed by atoms with Gasteiger partial charge in [0.2, 0.25) is 0 Å². The third kappa shape index (κ3) is 3.02. The largest absolute Gasteiger partial charge is 0.481 e. The van der Waals surface area contributed by atoms with Crippen molar-refractivity contribution in [2.75, 3.05) is 33.2 Å². The van der Waals surface area contributed by atoms with Gasteiger partial charge in [0.25, 0.3) is 0 Å². The minimum absolute atomic E-state index is 0.385. The van der Waals surface area contributed by atoms with Gasteiger partial charge in [0.05, 0.1) is 0 Å². The summed E-state index contributed by atoms with van der Waals surface area (Å²) in [5.74, 6) is -0.755. The number of nitrogens with zero attached hydrogens (tertiary/aromatic N) is 2. The van der Waals surface area contributed by atoms with E-state index in [1.807, 2.05) is 37.3 Å². The highest BCUT2D eigenvalue weighted by Crippen LogP contribution is 2.27. The van der Waals surface area contributed by atoms with Gasteiger partial charge in [-0.05, 0) is 26.5 Å². The van der Waals surface area contributed by atoms with Gasteiger partial charge in [0.15, 0.2) is 0 Å². The Kier molecular flexibility index (Phi) is 4.45. The first-order chi connectivity index (χ1) is 9.43. The SMILES string of the molecule is CC1CN(C)CCN1CC(C)(C(=O)O)c1ccccc1. The minimum Gasteiger partial charge on any atom is -0.481 e.